The third-order valence-electron chi connectivity index (χ3n) is 2.31. The molecular weight excluding hydrogens is 236 g/mol. The minimum Gasteiger partial charge on any atom is -0.508 e. The summed E-state index contributed by atoms with van der Waals surface area (Å²) in [6, 6.07) is 3.68. The second kappa shape index (κ2) is 5.90. The van der Waals surface area contributed by atoms with Crippen LogP contribution in [-0.2, 0) is 4.79 Å². The van der Waals surface area contributed by atoms with Crippen LogP contribution in [0.3, 0.4) is 0 Å². The van der Waals surface area contributed by atoms with Crippen LogP contribution in [-0.4, -0.2) is 47.1 Å². The van der Waals surface area contributed by atoms with Crippen LogP contribution in [0.15, 0.2) is 18.2 Å². The summed E-state index contributed by atoms with van der Waals surface area (Å²) in [6.45, 7) is 2.18. The summed E-state index contributed by atoms with van der Waals surface area (Å²) in [5, 5.41) is 21.2. The van der Waals surface area contributed by atoms with Crippen molar-refractivity contribution in [3.63, 3.8) is 0 Å². The summed E-state index contributed by atoms with van der Waals surface area (Å²) >= 11 is 0. The SMILES string of the molecule is CCNC(=O)CN(C)C(=O)c1ccc(O)cc1O. The summed E-state index contributed by atoms with van der Waals surface area (Å²) in [6.07, 6.45) is 0. The number of carbonyl (C=O) groups is 2. The van der Waals surface area contributed by atoms with Gasteiger partial charge in [-0.3, -0.25) is 9.59 Å². The Bertz CT molecular complexity index is 459. The molecule has 1 aromatic rings. The van der Waals surface area contributed by atoms with Crippen molar-refractivity contribution < 1.29 is 19.8 Å². The number of nitrogens with zero attached hydrogens (tertiary/aromatic N) is 1. The molecule has 0 heterocycles. The molecule has 1 aromatic carbocycles. The number of aromatic hydroxyl groups is 2. The number of rotatable bonds is 4. The topological polar surface area (TPSA) is 89.9 Å². The minimum atomic E-state index is -0.487. The van der Waals surface area contributed by atoms with Gasteiger partial charge in [0.1, 0.15) is 11.5 Å². The predicted octanol–water partition coefficient (Wildman–Crippen LogP) is 0.306. The van der Waals surface area contributed by atoms with Gasteiger partial charge in [0.05, 0.1) is 12.1 Å². The van der Waals surface area contributed by atoms with Crippen molar-refractivity contribution in [1.82, 2.24) is 10.2 Å². The molecule has 0 aliphatic carbocycles. The molecule has 0 atom stereocenters. The Hall–Kier alpha value is -2.24. The van der Waals surface area contributed by atoms with E-state index in [4.69, 9.17) is 5.11 Å². The summed E-state index contributed by atoms with van der Waals surface area (Å²) < 4.78 is 0. The van der Waals surface area contributed by atoms with Gasteiger partial charge in [0.15, 0.2) is 0 Å². The van der Waals surface area contributed by atoms with Crippen molar-refractivity contribution in [1.29, 1.82) is 0 Å². The van der Waals surface area contributed by atoms with E-state index >= 15 is 0 Å². The van der Waals surface area contributed by atoms with E-state index in [1.54, 1.807) is 6.92 Å². The van der Waals surface area contributed by atoms with Gasteiger partial charge in [-0.25, -0.2) is 0 Å². The molecule has 0 unspecified atom stereocenters. The quantitative estimate of drug-likeness (QED) is 0.719. The molecule has 0 aliphatic rings. The van der Waals surface area contributed by atoms with E-state index in [1.807, 2.05) is 0 Å². The zero-order chi connectivity index (χ0) is 13.7. The molecule has 0 fully saturated rings. The van der Waals surface area contributed by atoms with Crippen LogP contribution in [0.4, 0.5) is 0 Å². The maximum absolute atomic E-state index is 11.9. The molecule has 18 heavy (non-hydrogen) atoms. The van der Waals surface area contributed by atoms with Crippen molar-refractivity contribution in [3.8, 4) is 11.5 Å². The lowest BCUT2D eigenvalue weighted by Crippen LogP contribution is -2.38. The Balaban J connectivity index is 2.77. The van der Waals surface area contributed by atoms with Crippen LogP contribution in [0.5, 0.6) is 11.5 Å². The molecule has 6 heteroatoms. The maximum atomic E-state index is 11.9. The number of hydrogen-bond donors (Lipinski definition) is 3. The van der Waals surface area contributed by atoms with Gasteiger partial charge in [0.25, 0.3) is 5.91 Å². The molecule has 0 aromatic heterocycles. The smallest absolute Gasteiger partial charge is 0.257 e. The lowest BCUT2D eigenvalue weighted by molar-refractivity contribution is -0.121. The van der Waals surface area contributed by atoms with Gasteiger partial charge < -0.3 is 20.4 Å². The van der Waals surface area contributed by atoms with Crippen LogP contribution in [0.2, 0.25) is 0 Å². The maximum Gasteiger partial charge on any atom is 0.257 e. The monoisotopic (exact) mass is 252 g/mol. The number of phenols is 2. The highest BCUT2D eigenvalue weighted by atomic mass is 16.3. The number of hydrogen-bond acceptors (Lipinski definition) is 4. The molecular formula is C12H16N2O4. The second-order valence-electron chi connectivity index (χ2n) is 3.82. The van der Waals surface area contributed by atoms with Crippen molar-refractivity contribution >= 4 is 11.8 Å². The molecule has 2 amide bonds. The molecule has 3 N–H and O–H groups in total. The molecule has 0 bridgehead atoms. The third kappa shape index (κ3) is 3.38. The Labute approximate surface area is 105 Å². The van der Waals surface area contributed by atoms with Crippen molar-refractivity contribution in [2.24, 2.45) is 0 Å². The fourth-order valence-electron chi connectivity index (χ4n) is 1.45. The highest BCUT2D eigenvalue weighted by molar-refractivity contribution is 5.98. The van der Waals surface area contributed by atoms with E-state index in [-0.39, 0.29) is 29.5 Å². The van der Waals surface area contributed by atoms with Gasteiger partial charge in [-0.2, -0.15) is 0 Å². The Morgan fingerprint density at radius 3 is 2.56 bits per heavy atom. The van der Waals surface area contributed by atoms with Gasteiger partial charge in [0.2, 0.25) is 5.91 Å². The molecule has 1 rings (SSSR count). The van der Waals surface area contributed by atoms with Crippen molar-refractivity contribution in [3.05, 3.63) is 23.8 Å². The standard InChI is InChI=1S/C12H16N2O4/c1-3-13-11(17)7-14(2)12(18)9-5-4-8(15)6-10(9)16/h4-6,15-16H,3,7H2,1-2H3,(H,13,17). The highest BCUT2D eigenvalue weighted by Gasteiger charge is 2.17. The Morgan fingerprint density at radius 2 is 2.00 bits per heavy atom. The summed E-state index contributed by atoms with van der Waals surface area (Å²) in [4.78, 5) is 24.4. The highest BCUT2D eigenvalue weighted by Crippen LogP contribution is 2.23. The first kappa shape index (κ1) is 13.8. The van der Waals surface area contributed by atoms with Gasteiger partial charge in [-0.15, -0.1) is 0 Å². The Morgan fingerprint density at radius 1 is 1.33 bits per heavy atom. The zero-order valence-electron chi connectivity index (χ0n) is 10.3. The van der Waals surface area contributed by atoms with Gasteiger partial charge in [-0.05, 0) is 19.1 Å². The first-order valence-electron chi connectivity index (χ1n) is 5.49. The van der Waals surface area contributed by atoms with Crippen LogP contribution in [0, 0.1) is 0 Å². The molecule has 0 spiro atoms. The number of phenolic OH excluding ortho intramolecular Hbond substituents is 2. The molecule has 0 saturated heterocycles. The van der Waals surface area contributed by atoms with Crippen molar-refractivity contribution in [2.75, 3.05) is 20.1 Å². The van der Waals surface area contributed by atoms with E-state index in [1.165, 1.54) is 24.1 Å². The number of carbonyl (C=O) groups excluding carboxylic acids is 2. The fraction of sp³-hybridized carbons (Fsp3) is 0.333. The molecule has 0 radical (unpaired) electrons. The first-order valence-corrected chi connectivity index (χ1v) is 5.49. The van der Waals surface area contributed by atoms with E-state index in [2.05, 4.69) is 5.32 Å². The Kier molecular flexibility index (Phi) is 4.53. The molecule has 0 aliphatic heterocycles. The third-order valence-corrected chi connectivity index (χ3v) is 2.31. The van der Waals surface area contributed by atoms with Gasteiger partial charge in [0, 0.05) is 19.7 Å². The fourth-order valence-corrected chi connectivity index (χ4v) is 1.45. The van der Waals surface area contributed by atoms with Crippen LogP contribution in [0.1, 0.15) is 17.3 Å². The average Bonchev–Trinajstić information content (AvgIpc) is 2.28. The number of nitrogens with one attached hydrogen (secondary N) is 1. The van der Waals surface area contributed by atoms with E-state index in [9.17, 15) is 14.7 Å². The van der Waals surface area contributed by atoms with E-state index < -0.39 is 5.91 Å². The number of likely N-dealkylation sites (N-methyl/N-ethyl adjacent to an activating group) is 2. The van der Waals surface area contributed by atoms with Crippen molar-refractivity contribution in [2.45, 2.75) is 6.92 Å². The first-order chi connectivity index (χ1) is 8.45. The van der Waals surface area contributed by atoms with E-state index in [0.29, 0.717) is 6.54 Å². The zero-order valence-corrected chi connectivity index (χ0v) is 10.3. The van der Waals surface area contributed by atoms with Gasteiger partial charge >= 0.3 is 0 Å². The predicted molar refractivity (Wildman–Crippen MR) is 65.4 cm³/mol. The summed E-state index contributed by atoms with van der Waals surface area (Å²) in [5.41, 5.74) is 0.0413. The molecule has 98 valence electrons. The van der Waals surface area contributed by atoms with Crippen LogP contribution >= 0.6 is 0 Å². The summed E-state index contributed by atoms with van der Waals surface area (Å²) in [7, 11) is 1.46. The largest absolute Gasteiger partial charge is 0.508 e. The summed E-state index contributed by atoms with van der Waals surface area (Å²) in [5.74, 6) is -1.21. The average molecular weight is 252 g/mol. The normalized spacial score (nSPS) is 9.89. The van der Waals surface area contributed by atoms with Gasteiger partial charge in [-0.1, -0.05) is 0 Å². The van der Waals surface area contributed by atoms with Crippen LogP contribution < -0.4 is 5.32 Å². The lowest BCUT2D eigenvalue weighted by Gasteiger charge is -2.17. The lowest BCUT2D eigenvalue weighted by atomic mass is 10.1. The second-order valence-corrected chi connectivity index (χ2v) is 3.82. The number of amides is 2. The van der Waals surface area contributed by atoms with E-state index in [0.717, 1.165) is 6.07 Å². The molecule has 6 nitrogen and oxygen atoms in total. The van der Waals surface area contributed by atoms with Crippen LogP contribution in [0.25, 0.3) is 0 Å². The minimum absolute atomic E-state index is 0.0413. The molecule has 0 saturated carbocycles. The number of benzene rings is 1.